The van der Waals surface area contributed by atoms with Crippen LogP contribution < -0.4 is 4.74 Å². The number of hydrogen-bond donors (Lipinski definition) is 1. The zero-order valence-electron chi connectivity index (χ0n) is 22.3. The fourth-order valence-corrected chi connectivity index (χ4v) is 4.97. The SMILES string of the molecule is CCOC(=O)CCc1c(OC(F)F)cccc1C(C)OC[C@H](O)CN1CCC[C@H]1Cc1ccc(C)c(F)c1. The second-order valence-electron chi connectivity index (χ2n) is 9.72. The van der Waals surface area contributed by atoms with Crippen LogP contribution in [0.4, 0.5) is 13.2 Å². The van der Waals surface area contributed by atoms with Crippen LogP contribution in [0.1, 0.15) is 61.5 Å². The third-order valence-electron chi connectivity index (χ3n) is 6.90. The van der Waals surface area contributed by atoms with E-state index in [0.717, 1.165) is 24.9 Å². The number of likely N-dealkylation sites (tertiary alicyclic amines) is 1. The maximum absolute atomic E-state index is 14.0. The number of nitrogens with zero attached hydrogens (tertiary/aromatic N) is 1. The number of benzene rings is 2. The first-order valence-electron chi connectivity index (χ1n) is 13.2. The van der Waals surface area contributed by atoms with Gasteiger partial charge in [0.15, 0.2) is 0 Å². The summed E-state index contributed by atoms with van der Waals surface area (Å²) in [6.45, 7) is 3.74. The van der Waals surface area contributed by atoms with Crippen molar-refractivity contribution >= 4 is 5.97 Å². The number of carbonyl (C=O) groups excluding carboxylic acids is 1. The normalized spacial score (nSPS) is 17.5. The lowest BCUT2D eigenvalue weighted by molar-refractivity contribution is -0.143. The fraction of sp³-hybridized carbons (Fsp3) is 0.552. The van der Waals surface area contributed by atoms with Crippen LogP contribution in [-0.4, -0.2) is 61.0 Å². The van der Waals surface area contributed by atoms with Gasteiger partial charge in [-0.05, 0) is 81.8 Å². The Bertz CT molecular complexity index is 1050. The van der Waals surface area contributed by atoms with Crippen molar-refractivity contribution in [2.75, 3.05) is 26.3 Å². The molecule has 1 aliphatic heterocycles. The first-order valence-corrected chi connectivity index (χ1v) is 13.2. The monoisotopic (exact) mass is 537 g/mol. The molecule has 1 heterocycles. The molecule has 0 spiro atoms. The highest BCUT2D eigenvalue weighted by molar-refractivity contribution is 5.70. The molecule has 210 valence electrons. The van der Waals surface area contributed by atoms with Gasteiger partial charge in [-0.25, -0.2) is 4.39 Å². The smallest absolute Gasteiger partial charge is 0.387 e. The Morgan fingerprint density at radius 2 is 2.03 bits per heavy atom. The molecule has 1 saturated heterocycles. The first kappa shape index (κ1) is 29.9. The lowest BCUT2D eigenvalue weighted by atomic mass is 9.98. The lowest BCUT2D eigenvalue weighted by Crippen LogP contribution is -2.39. The maximum atomic E-state index is 14.0. The second-order valence-corrected chi connectivity index (χ2v) is 9.72. The van der Waals surface area contributed by atoms with E-state index in [1.54, 1.807) is 45.0 Å². The van der Waals surface area contributed by atoms with Gasteiger partial charge in [0.25, 0.3) is 0 Å². The van der Waals surface area contributed by atoms with Crippen molar-refractivity contribution in [2.24, 2.45) is 0 Å². The standard InChI is InChI=1S/C29H38F3NO5/c1-4-36-28(35)13-12-25-24(8-5-9-27(25)38-29(31)32)20(3)37-18-23(34)17-33-14-6-7-22(33)15-21-11-10-19(2)26(30)16-21/h5,8-11,16,20,22-23,29,34H,4,6-7,12-15,17-18H2,1-3H3/t20?,22-,23+/m0/s1. The van der Waals surface area contributed by atoms with Crippen LogP contribution in [0.3, 0.4) is 0 Å². The van der Waals surface area contributed by atoms with Crippen LogP contribution in [-0.2, 0) is 27.1 Å². The van der Waals surface area contributed by atoms with Crippen molar-refractivity contribution in [1.29, 1.82) is 0 Å². The molecule has 1 aliphatic rings. The molecule has 0 saturated carbocycles. The second kappa shape index (κ2) is 14.5. The van der Waals surface area contributed by atoms with E-state index in [-0.39, 0.29) is 43.7 Å². The molecule has 1 unspecified atom stereocenters. The summed E-state index contributed by atoms with van der Waals surface area (Å²) in [5.41, 5.74) is 2.62. The van der Waals surface area contributed by atoms with Gasteiger partial charge in [-0.1, -0.05) is 24.3 Å². The number of carbonyl (C=O) groups is 1. The van der Waals surface area contributed by atoms with Gasteiger partial charge in [-0.2, -0.15) is 8.78 Å². The van der Waals surface area contributed by atoms with E-state index in [9.17, 15) is 23.1 Å². The third kappa shape index (κ3) is 8.71. The minimum atomic E-state index is -3.01. The number of alkyl halides is 2. The number of halogens is 3. The highest BCUT2D eigenvalue weighted by atomic mass is 19.3. The Labute approximate surface area is 222 Å². The molecule has 3 atom stereocenters. The Balaban J connectivity index is 1.60. The van der Waals surface area contributed by atoms with Crippen LogP contribution in [0.15, 0.2) is 36.4 Å². The van der Waals surface area contributed by atoms with Crippen LogP contribution >= 0.6 is 0 Å². The number of aliphatic hydroxyl groups excluding tert-OH is 1. The van der Waals surface area contributed by atoms with Gasteiger partial charge in [0.2, 0.25) is 0 Å². The molecule has 0 bridgehead atoms. The molecule has 1 fully saturated rings. The summed E-state index contributed by atoms with van der Waals surface area (Å²) in [4.78, 5) is 14.1. The molecule has 0 amide bonds. The number of rotatable bonds is 14. The van der Waals surface area contributed by atoms with Crippen molar-refractivity contribution in [2.45, 2.75) is 77.7 Å². The summed E-state index contributed by atoms with van der Waals surface area (Å²) in [6, 6.07) is 10.3. The Morgan fingerprint density at radius 1 is 1.24 bits per heavy atom. The van der Waals surface area contributed by atoms with Gasteiger partial charge in [-0.3, -0.25) is 9.69 Å². The van der Waals surface area contributed by atoms with Crippen molar-refractivity contribution in [3.8, 4) is 5.75 Å². The summed E-state index contributed by atoms with van der Waals surface area (Å²) in [7, 11) is 0. The Hall–Kier alpha value is -2.62. The number of aryl methyl sites for hydroxylation is 1. The van der Waals surface area contributed by atoms with Crippen LogP contribution in [0.25, 0.3) is 0 Å². The van der Waals surface area contributed by atoms with E-state index in [4.69, 9.17) is 14.2 Å². The van der Waals surface area contributed by atoms with Crippen molar-refractivity contribution in [3.05, 3.63) is 64.5 Å². The topological polar surface area (TPSA) is 68.2 Å². The molecule has 2 aromatic rings. The molecule has 3 rings (SSSR count). The minimum absolute atomic E-state index is 0.00903. The average Bonchev–Trinajstić information content (AvgIpc) is 3.29. The van der Waals surface area contributed by atoms with Crippen molar-refractivity contribution in [3.63, 3.8) is 0 Å². The molecule has 2 aromatic carbocycles. The Kier molecular flexibility index (Phi) is 11.4. The van der Waals surface area contributed by atoms with Crippen LogP contribution in [0.5, 0.6) is 5.75 Å². The van der Waals surface area contributed by atoms with Gasteiger partial charge in [-0.15, -0.1) is 0 Å². The molecule has 38 heavy (non-hydrogen) atoms. The van der Waals surface area contributed by atoms with Gasteiger partial charge >= 0.3 is 12.6 Å². The van der Waals surface area contributed by atoms with Crippen molar-refractivity contribution < 1.29 is 37.3 Å². The van der Waals surface area contributed by atoms with E-state index >= 15 is 0 Å². The number of aliphatic hydroxyl groups is 1. The molecular weight excluding hydrogens is 499 g/mol. The van der Waals surface area contributed by atoms with Crippen LogP contribution in [0, 0.1) is 12.7 Å². The number of ether oxygens (including phenoxy) is 3. The molecule has 0 aliphatic carbocycles. The van der Waals surface area contributed by atoms with E-state index in [0.29, 0.717) is 29.7 Å². The third-order valence-corrected chi connectivity index (χ3v) is 6.90. The average molecular weight is 538 g/mol. The first-order chi connectivity index (χ1) is 18.2. The highest BCUT2D eigenvalue weighted by Crippen LogP contribution is 2.31. The van der Waals surface area contributed by atoms with E-state index in [1.807, 2.05) is 6.07 Å². The number of β-amino-alcohol motifs (C(OH)–C–C–N with tert-alkyl or cyclic N) is 1. The molecular formula is C29H38F3NO5. The molecule has 0 aromatic heterocycles. The number of esters is 1. The zero-order chi connectivity index (χ0) is 27.7. The van der Waals surface area contributed by atoms with Crippen LogP contribution in [0.2, 0.25) is 0 Å². The molecule has 9 heteroatoms. The summed E-state index contributed by atoms with van der Waals surface area (Å²) in [6.07, 6.45) is 1.55. The maximum Gasteiger partial charge on any atom is 0.387 e. The summed E-state index contributed by atoms with van der Waals surface area (Å²) in [5, 5.41) is 10.7. The summed E-state index contributed by atoms with van der Waals surface area (Å²) in [5.74, 6) is -0.646. The highest BCUT2D eigenvalue weighted by Gasteiger charge is 2.27. The summed E-state index contributed by atoms with van der Waals surface area (Å²) < 4.78 is 55.6. The molecule has 0 radical (unpaired) electrons. The predicted molar refractivity (Wildman–Crippen MR) is 138 cm³/mol. The summed E-state index contributed by atoms with van der Waals surface area (Å²) >= 11 is 0. The molecule has 1 N–H and O–H groups in total. The van der Waals surface area contributed by atoms with E-state index in [2.05, 4.69) is 4.90 Å². The quantitative estimate of drug-likeness (QED) is 0.327. The number of hydrogen-bond acceptors (Lipinski definition) is 6. The van der Waals surface area contributed by atoms with E-state index in [1.165, 1.54) is 6.07 Å². The largest absolute Gasteiger partial charge is 0.466 e. The van der Waals surface area contributed by atoms with Gasteiger partial charge in [0.05, 0.1) is 25.4 Å². The van der Waals surface area contributed by atoms with Crippen molar-refractivity contribution in [1.82, 2.24) is 4.90 Å². The van der Waals surface area contributed by atoms with Gasteiger partial charge < -0.3 is 19.3 Å². The predicted octanol–water partition coefficient (Wildman–Crippen LogP) is 5.38. The molecule has 6 nitrogen and oxygen atoms in total. The van der Waals surface area contributed by atoms with Gasteiger partial charge in [0.1, 0.15) is 11.6 Å². The minimum Gasteiger partial charge on any atom is -0.466 e. The lowest BCUT2D eigenvalue weighted by Gasteiger charge is -2.28. The van der Waals surface area contributed by atoms with Gasteiger partial charge in [0, 0.05) is 24.6 Å². The fourth-order valence-electron chi connectivity index (χ4n) is 4.97. The van der Waals surface area contributed by atoms with E-state index < -0.39 is 24.8 Å². The zero-order valence-corrected chi connectivity index (χ0v) is 22.3. The Morgan fingerprint density at radius 3 is 2.74 bits per heavy atom.